The number of nitrogens with one attached hydrogen (secondary N) is 1. The third kappa shape index (κ3) is 3.11. The van der Waals surface area contributed by atoms with Crippen LogP contribution in [0.5, 0.6) is 0 Å². The van der Waals surface area contributed by atoms with Crippen LogP contribution in [-0.4, -0.2) is 21.5 Å². The fourth-order valence-corrected chi connectivity index (χ4v) is 2.62. The maximum atomic E-state index is 13.6. The van der Waals surface area contributed by atoms with Gasteiger partial charge in [-0.2, -0.15) is 5.10 Å². The number of halogens is 3. The van der Waals surface area contributed by atoms with Crippen molar-refractivity contribution in [1.82, 2.24) is 14.8 Å². The minimum absolute atomic E-state index is 0.0948. The number of hydrogen-bond donors (Lipinski definition) is 1. The first kappa shape index (κ1) is 16.4. The summed E-state index contributed by atoms with van der Waals surface area (Å²) in [5.41, 5.74) is 3.84. The Hall–Kier alpha value is -2.44. The average Bonchev–Trinajstić information content (AvgIpc) is 2.85. The summed E-state index contributed by atoms with van der Waals surface area (Å²) in [4.78, 5) is 16.6. The first-order valence-electron chi connectivity index (χ1n) is 6.89. The fraction of sp³-hybridized carbons (Fsp3) is 0.0625. The number of carbonyl (C=O) groups is 1. The maximum absolute atomic E-state index is 13.6. The second kappa shape index (κ2) is 6.59. The summed E-state index contributed by atoms with van der Waals surface area (Å²) >= 11 is 11.8. The van der Waals surface area contributed by atoms with E-state index < -0.39 is 11.7 Å². The zero-order valence-electron chi connectivity index (χ0n) is 12.4. The van der Waals surface area contributed by atoms with Crippen molar-refractivity contribution in [1.29, 1.82) is 0 Å². The largest absolute Gasteiger partial charge is 0.294 e. The van der Waals surface area contributed by atoms with Crippen LogP contribution in [0.4, 0.5) is 4.39 Å². The van der Waals surface area contributed by atoms with E-state index in [-0.39, 0.29) is 10.6 Å². The molecule has 3 rings (SSSR count). The molecule has 0 aliphatic carbocycles. The molecule has 0 saturated heterocycles. The number of amides is 1. The van der Waals surface area contributed by atoms with Gasteiger partial charge in [0.1, 0.15) is 17.2 Å². The highest BCUT2D eigenvalue weighted by Crippen LogP contribution is 2.17. The van der Waals surface area contributed by atoms with E-state index in [1.54, 1.807) is 29.7 Å². The molecule has 5 nitrogen and oxygen atoms in total. The smallest absolute Gasteiger partial charge is 0.290 e. The van der Waals surface area contributed by atoms with E-state index in [9.17, 15) is 9.18 Å². The molecule has 0 spiro atoms. The number of carbonyl (C=O) groups excluding carboxylic acids is 1. The molecule has 8 heteroatoms. The van der Waals surface area contributed by atoms with Crippen LogP contribution in [0, 0.1) is 12.7 Å². The summed E-state index contributed by atoms with van der Waals surface area (Å²) in [5.74, 6) is -1.02. The third-order valence-electron chi connectivity index (χ3n) is 3.33. The number of imidazole rings is 1. The van der Waals surface area contributed by atoms with Gasteiger partial charge in [-0.3, -0.25) is 9.20 Å². The predicted octanol–water partition coefficient (Wildman–Crippen LogP) is 3.85. The first-order valence-corrected chi connectivity index (χ1v) is 7.64. The van der Waals surface area contributed by atoms with Crippen LogP contribution in [0.2, 0.25) is 10.0 Å². The van der Waals surface area contributed by atoms with Crippen LogP contribution in [0.1, 0.15) is 21.7 Å². The molecule has 1 amide bonds. The normalized spacial score (nSPS) is 11.3. The molecule has 0 radical (unpaired) electrons. The van der Waals surface area contributed by atoms with E-state index in [0.717, 1.165) is 6.21 Å². The van der Waals surface area contributed by atoms with E-state index in [2.05, 4.69) is 15.5 Å². The molecule has 1 aromatic carbocycles. The monoisotopic (exact) mass is 364 g/mol. The highest BCUT2D eigenvalue weighted by atomic mass is 35.5. The Morgan fingerprint density at radius 1 is 1.33 bits per heavy atom. The lowest BCUT2D eigenvalue weighted by molar-refractivity contribution is 0.0948. The van der Waals surface area contributed by atoms with Gasteiger partial charge < -0.3 is 0 Å². The van der Waals surface area contributed by atoms with Gasteiger partial charge in [0.05, 0.1) is 22.0 Å². The topological polar surface area (TPSA) is 58.8 Å². The molecule has 0 atom stereocenters. The number of hydrogen-bond acceptors (Lipinski definition) is 3. The van der Waals surface area contributed by atoms with Gasteiger partial charge >= 0.3 is 0 Å². The number of nitrogens with zero attached hydrogens (tertiary/aromatic N) is 3. The van der Waals surface area contributed by atoms with E-state index >= 15 is 0 Å². The van der Waals surface area contributed by atoms with Crippen molar-refractivity contribution >= 4 is 41.0 Å². The van der Waals surface area contributed by atoms with Gasteiger partial charge in [0.15, 0.2) is 0 Å². The molecule has 0 saturated carbocycles. The van der Waals surface area contributed by atoms with Crippen LogP contribution < -0.4 is 5.43 Å². The number of aryl methyl sites for hydroxylation is 1. The van der Waals surface area contributed by atoms with Crippen molar-refractivity contribution in [2.75, 3.05) is 0 Å². The van der Waals surface area contributed by atoms with Gasteiger partial charge in [0, 0.05) is 11.8 Å². The van der Waals surface area contributed by atoms with Crippen LogP contribution in [0.25, 0.3) is 5.65 Å². The number of fused-ring (bicyclic) bond motifs is 1. The van der Waals surface area contributed by atoms with E-state index in [0.29, 0.717) is 22.1 Å². The van der Waals surface area contributed by atoms with Crippen molar-refractivity contribution in [3.05, 3.63) is 69.3 Å². The van der Waals surface area contributed by atoms with E-state index in [1.807, 2.05) is 0 Å². The molecule has 0 aliphatic rings. The lowest BCUT2D eigenvalue weighted by atomic mass is 10.2. The highest BCUT2D eigenvalue weighted by Gasteiger charge is 2.16. The Bertz CT molecular complexity index is 948. The number of aromatic nitrogens is 2. The third-order valence-corrected chi connectivity index (χ3v) is 3.88. The lowest BCUT2D eigenvalue weighted by Crippen LogP contribution is -2.20. The van der Waals surface area contributed by atoms with Crippen LogP contribution >= 0.6 is 23.2 Å². The number of rotatable bonds is 3. The van der Waals surface area contributed by atoms with E-state index in [4.69, 9.17) is 23.2 Å². The second-order valence-corrected chi connectivity index (χ2v) is 5.80. The summed E-state index contributed by atoms with van der Waals surface area (Å²) in [6.07, 6.45) is 2.74. The Balaban J connectivity index is 1.87. The minimum atomic E-state index is -0.529. The molecule has 2 aromatic heterocycles. The molecule has 1 N–H and O–H groups in total. The summed E-state index contributed by atoms with van der Waals surface area (Å²) in [7, 11) is 0. The van der Waals surface area contributed by atoms with Crippen LogP contribution in [0.3, 0.4) is 0 Å². The Morgan fingerprint density at radius 3 is 2.88 bits per heavy atom. The average molecular weight is 365 g/mol. The summed E-state index contributed by atoms with van der Waals surface area (Å²) in [6.45, 7) is 1.70. The van der Waals surface area contributed by atoms with Crippen molar-refractivity contribution in [3.63, 3.8) is 0 Å². The molecular weight excluding hydrogens is 354 g/mol. The summed E-state index contributed by atoms with van der Waals surface area (Å²) < 4.78 is 15.2. The van der Waals surface area contributed by atoms with Crippen molar-refractivity contribution < 1.29 is 9.18 Å². The molecule has 0 bridgehead atoms. The van der Waals surface area contributed by atoms with Gasteiger partial charge in [-0.1, -0.05) is 29.3 Å². The number of pyridine rings is 1. The molecule has 0 aliphatic heterocycles. The molecule has 122 valence electrons. The molecular formula is C16H11Cl2FN4O. The number of hydrazone groups is 1. The summed E-state index contributed by atoms with van der Waals surface area (Å²) in [5, 5.41) is 4.43. The Labute approximate surface area is 146 Å². The van der Waals surface area contributed by atoms with Crippen molar-refractivity contribution in [2.24, 2.45) is 5.10 Å². The SMILES string of the molecule is Cc1nc2ccc(Cl)cn2c1C(=O)NN=Cc1c(F)cccc1Cl. The van der Waals surface area contributed by atoms with Crippen LogP contribution in [0.15, 0.2) is 41.6 Å². The Kier molecular flexibility index (Phi) is 4.51. The zero-order valence-corrected chi connectivity index (χ0v) is 13.9. The van der Waals surface area contributed by atoms with Gasteiger partial charge in [-0.05, 0) is 31.2 Å². The van der Waals surface area contributed by atoms with Gasteiger partial charge in [0.2, 0.25) is 0 Å². The molecule has 3 aromatic rings. The van der Waals surface area contributed by atoms with Crippen molar-refractivity contribution in [2.45, 2.75) is 6.92 Å². The molecule has 0 unspecified atom stereocenters. The maximum Gasteiger partial charge on any atom is 0.290 e. The second-order valence-electron chi connectivity index (χ2n) is 4.96. The molecule has 24 heavy (non-hydrogen) atoms. The molecule has 0 fully saturated rings. The first-order chi connectivity index (χ1) is 11.5. The zero-order chi connectivity index (χ0) is 17.3. The van der Waals surface area contributed by atoms with Gasteiger partial charge in [-0.15, -0.1) is 0 Å². The van der Waals surface area contributed by atoms with Gasteiger partial charge in [-0.25, -0.2) is 14.8 Å². The lowest BCUT2D eigenvalue weighted by Gasteiger charge is -2.03. The summed E-state index contributed by atoms with van der Waals surface area (Å²) in [6, 6.07) is 7.66. The quantitative estimate of drug-likeness (QED) is 0.566. The fourth-order valence-electron chi connectivity index (χ4n) is 2.25. The Morgan fingerprint density at radius 2 is 2.12 bits per heavy atom. The highest BCUT2D eigenvalue weighted by molar-refractivity contribution is 6.33. The van der Waals surface area contributed by atoms with Crippen LogP contribution in [-0.2, 0) is 0 Å². The standard InChI is InChI=1S/C16H11Cl2FN4O/c1-9-15(23-8-10(17)5-6-14(23)21-9)16(24)22-20-7-11-12(18)3-2-4-13(11)19/h2-8H,1H3,(H,22,24). The van der Waals surface area contributed by atoms with Gasteiger partial charge in [0.25, 0.3) is 5.91 Å². The van der Waals surface area contributed by atoms with E-state index in [1.165, 1.54) is 18.2 Å². The molecule has 2 heterocycles. The number of benzene rings is 1. The predicted molar refractivity (Wildman–Crippen MR) is 91.4 cm³/mol. The van der Waals surface area contributed by atoms with Crippen molar-refractivity contribution in [3.8, 4) is 0 Å². The minimum Gasteiger partial charge on any atom is -0.294 e.